The number of nitrogens with zero attached hydrogens (tertiary/aromatic N) is 8. The molecule has 3 N–H and O–H groups in total. The summed E-state index contributed by atoms with van der Waals surface area (Å²) in [6, 6.07) is 3.26. The molecule has 43 heavy (non-hydrogen) atoms. The molecular weight excluding hydrogens is 581 g/mol. The molecule has 5 aromatic rings. The van der Waals surface area contributed by atoms with Crippen LogP contribution < -0.4 is 21.8 Å². The number of halogens is 2. The van der Waals surface area contributed by atoms with Gasteiger partial charge in [-0.2, -0.15) is 10.2 Å². The van der Waals surface area contributed by atoms with Crippen LogP contribution in [-0.4, -0.2) is 39.0 Å². The second kappa shape index (κ2) is 11.2. The summed E-state index contributed by atoms with van der Waals surface area (Å²) in [5.74, 6) is -0.964. The molecular formula is C27H25ClFN11O3. The lowest BCUT2D eigenvalue weighted by Crippen LogP contribution is -2.41. The number of nitrogens with one attached hydrogen (secondary N) is 3. The van der Waals surface area contributed by atoms with Gasteiger partial charge in [-0.1, -0.05) is 11.6 Å². The lowest BCUT2D eigenvalue weighted by atomic mass is 10.2. The fourth-order valence-electron chi connectivity index (χ4n) is 4.75. The minimum Gasteiger partial charge on any atom is -0.383 e. The molecule has 6 rings (SSSR count). The maximum Gasteiger partial charge on any atom is 0.332 e. The van der Waals surface area contributed by atoms with Crippen LogP contribution in [0.4, 0.5) is 4.39 Å². The molecule has 220 valence electrons. The molecule has 1 aliphatic carbocycles. The number of imidazole rings is 2. The first kappa shape index (κ1) is 28.0. The number of aromatic nitrogens is 7. The van der Waals surface area contributed by atoms with Crippen molar-refractivity contribution < 1.29 is 9.18 Å². The number of pyridine rings is 2. The summed E-state index contributed by atoms with van der Waals surface area (Å²) in [6.45, 7) is 2.05. The Morgan fingerprint density at radius 3 is 2.77 bits per heavy atom. The molecule has 0 bridgehead atoms. The van der Waals surface area contributed by atoms with E-state index in [1.165, 1.54) is 33.9 Å². The summed E-state index contributed by atoms with van der Waals surface area (Å²) < 4.78 is 20.0. The van der Waals surface area contributed by atoms with Crippen molar-refractivity contribution in [3.05, 3.63) is 104 Å². The fourth-order valence-corrected chi connectivity index (χ4v) is 4.90. The van der Waals surface area contributed by atoms with Gasteiger partial charge in [0.1, 0.15) is 11.8 Å². The van der Waals surface area contributed by atoms with Gasteiger partial charge in [-0.15, -0.1) is 0 Å². The normalized spacial score (nSPS) is 13.5. The molecule has 0 saturated heterocycles. The van der Waals surface area contributed by atoms with Gasteiger partial charge in [0.2, 0.25) is 0 Å². The van der Waals surface area contributed by atoms with Gasteiger partial charge in [0.05, 0.1) is 41.5 Å². The van der Waals surface area contributed by atoms with E-state index in [4.69, 9.17) is 17.1 Å². The van der Waals surface area contributed by atoms with E-state index in [1.54, 1.807) is 23.7 Å². The maximum absolute atomic E-state index is 14.5. The van der Waals surface area contributed by atoms with Crippen LogP contribution in [0.2, 0.25) is 5.02 Å². The largest absolute Gasteiger partial charge is 0.383 e. The van der Waals surface area contributed by atoms with Crippen LogP contribution in [0.1, 0.15) is 42.6 Å². The molecule has 16 heteroatoms. The van der Waals surface area contributed by atoms with Crippen molar-refractivity contribution in [1.29, 1.82) is 5.53 Å². The van der Waals surface area contributed by atoms with Crippen molar-refractivity contribution >= 4 is 28.7 Å². The van der Waals surface area contributed by atoms with Crippen LogP contribution in [0, 0.1) is 11.3 Å². The Bertz CT molecular complexity index is 2060. The highest BCUT2D eigenvalue weighted by Gasteiger charge is 2.26. The van der Waals surface area contributed by atoms with Crippen LogP contribution in [0.3, 0.4) is 0 Å². The lowest BCUT2D eigenvalue weighted by molar-refractivity contribution is -0.117. The molecule has 0 aliphatic heterocycles. The number of carbonyl (C=O) groups excluding carboxylic acids is 1. The van der Waals surface area contributed by atoms with Crippen molar-refractivity contribution in [3.8, 4) is 5.69 Å². The molecule has 5 heterocycles. The van der Waals surface area contributed by atoms with Crippen molar-refractivity contribution in [3.63, 3.8) is 0 Å². The summed E-state index contributed by atoms with van der Waals surface area (Å²) in [5.41, 5.74) is 8.64. The molecule has 1 aliphatic rings. The number of fused-ring (bicyclic) bond motifs is 2. The first-order valence-corrected chi connectivity index (χ1v) is 13.8. The topological polar surface area (TPSA) is 169 Å². The van der Waals surface area contributed by atoms with E-state index in [0.717, 1.165) is 23.1 Å². The minimum atomic E-state index is -0.724. The lowest BCUT2D eigenvalue weighted by Gasteiger charge is -2.10. The first-order valence-electron chi connectivity index (χ1n) is 13.4. The second-order valence-electron chi connectivity index (χ2n) is 9.95. The zero-order chi connectivity index (χ0) is 30.2. The van der Waals surface area contributed by atoms with E-state index in [9.17, 15) is 18.8 Å². The first-order chi connectivity index (χ1) is 20.8. The summed E-state index contributed by atoms with van der Waals surface area (Å²) in [7, 11) is 0. The van der Waals surface area contributed by atoms with Crippen LogP contribution in [0.15, 0.2) is 70.0 Å². The number of aryl methyl sites for hydroxylation is 1. The van der Waals surface area contributed by atoms with Gasteiger partial charge in [0.15, 0.2) is 17.2 Å². The SMILES string of the molecule is CCn1ncn(-c2cc(C3CC3)cn3cc(CN/C=C(\N=N)C(=O)NCc4ncn5ccc(Cl)c(F)c45)nc23)c(=O)c1=O. The smallest absolute Gasteiger partial charge is 0.332 e. The second-order valence-corrected chi connectivity index (χ2v) is 10.4. The number of amides is 1. The third-order valence-corrected chi connectivity index (χ3v) is 7.41. The van der Waals surface area contributed by atoms with Crippen molar-refractivity contribution in [2.75, 3.05) is 0 Å². The monoisotopic (exact) mass is 605 g/mol. The van der Waals surface area contributed by atoms with E-state index < -0.39 is 22.8 Å². The van der Waals surface area contributed by atoms with Crippen molar-refractivity contribution in [1.82, 2.24) is 43.8 Å². The van der Waals surface area contributed by atoms with Gasteiger partial charge in [0.25, 0.3) is 5.91 Å². The van der Waals surface area contributed by atoms with Gasteiger partial charge in [-0.05, 0) is 43.4 Å². The molecule has 1 amide bonds. The van der Waals surface area contributed by atoms with Gasteiger partial charge >= 0.3 is 11.1 Å². The Morgan fingerprint density at radius 1 is 1.21 bits per heavy atom. The zero-order valence-electron chi connectivity index (χ0n) is 22.8. The molecule has 0 spiro atoms. The van der Waals surface area contributed by atoms with Crippen LogP contribution in [0.25, 0.3) is 16.9 Å². The average Bonchev–Trinajstić information content (AvgIpc) is 3.65. The highest BCUT2D eigenvalue weighted by atomic mass is 35.5. The number of hydrogen-bond acceptors (Lipinski definition) is 9. The molecule has 0 unspecified atom stereocenters. The predicted octanol–water partition coefficient (Wildman–Crippen LogP) is 2.66. The number of carbonyl (C=O) groups is 1. The Morgan fingerprint density at radius 2 is 2.02 bits per heavy atom. The molecule has 14 nitrogen and oxygen atoms in total. The Kier molecular flexibility index (Phi) is 7.31. The standard InChI is InChI=1S/C27H25ClFN11O3/c1-2-40-27(43)26(42)39(14-34-40)21-7-16(15-3-4-15)11-38-12-17(35-24(21)38)8-31-9-20(36-30)25(41)32-10-19-23-22(29)18(28)5-6-37(23)13-33-19/h5-7,9,11-15,30-31H,2-4,8,10H2,1H3,(H,32,41)/b20-9-,36-30?. The molecule has 1 saturated carbocycles. The Hall–Kier alpha value is -5.18. The van der Waals surface area contributed by atoms with Crippen LogP contribution in [-0.2, 0) is 24.4 Å². The molecule has 0 aromatic carbocycles. The van der Waals surface area contributed by atoms with Gasteiger partial charge < -0.3 is 19.4 Å². The predicted molar refractivity (Wildman–Crippen MR) is 153 cm³/mol. The molecule has 1 fully saturated rings. The highest BCUT2D eigenvalue weighted by molar-refractivity contribution is 6.31. The van der Waals surface area contributed by atoms with Gasteiger partial charge in [-0.3, -0.25) is 19.0 Å². The summed E-state index contributed by atoms with van der Waals surface area (Å²) in [6.07, 6.45) is 11.3. The number of hydrogen-bond donors (Lipinski definition) is 3. The van der Waals surface area contributed by atoms with Gasteiger partial charge in [-0.25, -0.2) is 24.6 Å². The van der Waals surface area contributed by atoms with E-state index in [2.05, 4.69) is 30.8 Å². The third-order valence-electron chi connectivity index (χ3n) is 7.11. The quantitative estimate of drug-likeness (QED) is 0.125. The summed E-state index contributed by atoms with van der Waals surface area (Å²) >= 11 is 5.88. The van der Waals surface area contributed by atoms with Crippen LogP contribution >= 0.6 is 11.6 Å². The highest BCUT2D eigenvalue weighted by Crippen LogP contribution is 2.40. The summed E-state index contributed by atoms with van der Waals surface area (Å²) in [5, 5.41) is 12.8. The van der Waals surface area contributed by atoms with Crippen LogP contribution in [0.5, 0.6) is 0 Å². The summed E-state index contributed by atoms with van der Waals surface area (Å²) in [4.78, 5) is 46.9. The Labute approximate surface area is 247 Å². The third kappa shape index (κ3) is 5.30. The van der Waals surface area contributed by atoms with Crippen molar-refractivity contribution in [2.24, 2.45) is 5.11 Å². The Balaban J connectivity index is 1.21. The number of rotatable bonds is 10. The van der Waals surface area contributed by atoms with E-state index >= 15 is 0 Å². The van der Waals surface area contributed by atoms with Crippen molar-refractivity contribution in [2.45, 2.75) is 45.3 Å². The van der Waals surface area contributed by atoms with E-state index in [-0.39, 0.29) is 41.6 Å². The molecule has 5 aromatic heterocycles. The molecule has 0 radical (unpaired) electrons. The van der Waals surface area contributed by atoms with E-state index in [1.807, 2.05) is 12.3 Å². The minimum absolute atomic E-state index is 0.0679. The molecule has 0 atom stereocenters. The van der Waals surface area contributed by atoms with E-state index in [0.29, 0.717) is 22.9 Å². The average molecular weight is 606 g/mol. The fraction of sp³-hybridized carbons (Fsp3) is 0.259. The zero-order valence-corrected chi connectivity index (χ0v) is 23.5. The van der Waals surface area contributed by atoms with Gasteiger partial charge in [0, 0.05) is 31.3 Å². The maximum atomic E-state index is 14.5.